The van der Waals surface area contributed by atoms with E-state index < -0.39 is 6.23 Å². The summed E-state index contributed by atoms with van der Waals surface area (Å²) < 4.78 is 11.2. The van der Waals surface area contributed by atoms with Crippen molar-refractivity contribution in [2.75, 3.05) is 75.4 Å². The summed E-state index contributed by atoms with van der Waals surface area (Å²) in [6, 6.07) is 6.37. The van der Waals surface area contributed by atoms with Gasteiger partial charge in [0.2, 0.25) is 0 Å². The van der Waals surface area contributed by atoms with E-state index >= 15 is 0 Å². The predicted octanol–water partition coefficient (Wildman–Crippen LogP) is 2.60. The lowest BCUT2D eigenvalue weighted by Gasteiger charge is -2.37. The molecule has 3 aliphatic heterocycles. The van der Waals surface area contributed by atoms with Crippen molar-refractivity contribution in [3.8, 4) is 5.75 Å². The Labute approximate surface area is 226 Å². The van der Waals surface area contributed by atoms with Gasteiger partial charge in [-0.25, -0.2) is 9.97 Å². The minimum absolute atomic E-state index is 0.368. The fourth-order valence-corrected chi connectivity index (χ4v) is 6.39. The Hall–Kier alpha value is -2.46. The highest BCUT2D eigenvalue weighted by Gasteiger charge is 2.27. The molecule has 1 unspecified atom stereocenters. The molecule has 2 saturated heterocycles. The normalized spacial score (nSPS) is 25.2. The van der Waals surface area contributed by atoms with Gasteiger partial charge < -0.3 is 24.4 Å². The number of aliphatic hydroxyl groups is 1. The van der Waals surface area contributed by atoms with Crippen LogP contribution in [-0.2, 0) is 11.2 Å². The van der Waals surface area contributed by atoms with Crippen molar-refractivity contribution < 1.29 is 14.6 Å². The number of nitrogens with one attached hydrogen (secondary N) is 1. The topological polar surface area (TPSA) is 86.2 Å². The summed E-state index contributed by atoms with van der Waals surface area (Å²) in [5, 5.41) is 14.2. The molecule has 2 aromatic rings. The Morgan fingerprint density at radius 3 is 2.50 bits per heavy atom. The minimum atomic E-state index is -0.661. The lowest BCUT2D eigenvalue weighted by molar-refractivity contribution is 0.106. The third-order valence-corrected chi connectivity index (χ3v) is 8.79. The molecule has 1 saturated carbocycles. The van der Waals surface area contributed by atoms with E-state index in [4.69, 9.17) is 9.47 Å². The van der Waals surface area contributed by atoms with Gasteiger partial charge in [0.1, 0.15) is 23.6 Å². The summed E-state index contributed by atoms with van der Waals surface area (Å²) in [5.74, 6) is 3.90. The Morgan fingerprint density at radius 2 is 1.74 bits per heavy atom. The fourth-order valence-electron chi connectivity index (χ4n) is 6.39. The first kappa shape index (κ1) is 25.8. The van der Waals surface area contributed by atoms with Crippen LogP contribution in [0.1, 0.15) is 49.5 Å². The molecule has 0 spiro atoms. The van der Waals surface area contributed by atoms with E-state index in [1.165, 1.54) is 31.4 Å². The van der Waals surface area contributed by atoms with Crippen LogP contribution in [0.3, 0.4) is 0 Å². The zero-order valence-electron chi connectivity index (χ0n) is 22.4. The van der Waals surface area contributed by atoms with Gasteiger partial charge in [-0.1, -0.05) is 0 Å². The second kappa shape index (κ2) is 12.2. The molecular weight excluding hydrogens is 480 g/mol. The highest BCUT2D eigenvalue weighted by molar-refractivity contribution is 5.55. The van der Waals surface area contributed by atoms with Gasteiger partial charge in [0.25, 0.3) is 0 Å². The van der Waals surface area contributed by atoms with Gasteiger partial charge in [-0.15, -0.1) is 0 Å². The molecule has 0 radical (unpaired) electrons. The molecule has 9 nitrogen and oxygen atoms in total. The van der Waals surface area contributed by atoms with E-state index in [2.05, 4.69) is 30.0 Å². The largest absolute Gasteiger partial charge is 0.493 e. The Kier molecular flexibility index (Phi) is 8.25. The molecule has 2 N–H and O–H groups in total. The third kappa shape index (κ3) is 6.06. The number of fused-ring (bicyclic) bond motifs is 1. The maximum atomic E-state index is 10.8. The van der Waals surface area contributed by atoms with Crippen LogP contribution in [0.5, 0.6) is 5.75 Å². The zero-order chi connectivity index (χ0) is 25.7. The van der Waals surface area contributed by atoms with Crippen molar-refractivity contribution >= 4 is 11.6 Å². The second-order valence-corrected chi connectivity index (χ2v) is 11.2. The van der Waals surface area contributed by atoms with Crippen molar-refractivity contribution in [2.24, 2.45) is 5.92 Å². The first-order valence-corrected chi connectivity index (χ1v) is 14.5. The monoisotopic (exact) mass is 522 g/mol. The average molecular weight is 523 g/mol. The average Bonchev–Trinajstić information content (AvgIpc) is 3.47. The van der Waals surface area contributed by atoms with Crippen LogP contribution in [0, 0.1) is 5.92 Å². The highest BCUT2D eigenvalue weighted by Crippen LogP contribution is 2.33. The number of rotatable bonds is 8. The first-order valence-electron chi connectivity index (χ1n) is 14.5. The van der Waals surface area contributed by atoms with Crippen LogP contribution >= 0.6 is 0 Å². The van der Waals surface area contributed by atoms with Gasteiger partial charge in [0, 0.05) is 75.3 Å². The van der Waals surface area contributed by atoms with E-state index in [1.54, 1.807) is 0 Å². The van der Waals surface area contributed by atoms with Gasteiger partial charge in [-0.3, -0.25) is 10.2 Å². The molecule has 206 valence electrons. The van der Waals surface area contributed by atoms with Crippen LogP contribution in [0.4, 0.5) is 11.6 Å². The Morgan fingerprint density at radius 1 is 0.921 bits per heavy atom. The molecule has 2 aromatic heterocycles. The number of aliphatic hydroxyl groups excluding tert-OH is 1. The van der Waals surface area contributed by atoms with Crippen molar-refractivity contribution in [2.45, 2.75) is 50.8 Å². The molecule has 1 atom stereocenters. The van der Waals surface area contributed by atoms with Gasteiger partial charge in [-0.05, 0) is 62.8 Å². The van der Waals surface area contributed by atoms with Crippen molar-refractivity contribution in [3.63, 3.8) is 0 Å². The summed E-state index contributed by atoms with van der Waals surface area (Å²) in [7, 11) is 0. The number of morpholine rings is 1. The zero-order valence-corrected chi connectivity index (χ0v) is 22.4. The molecule has 6 rings (SSSR count). The number of aromatic nitrogens is 2. The van der Waals surface area contributed by atoms with E-state index in [0.29, 0.717) is 6.04 Å². The van der Waals surface area contributed by atoms with Crippen molar-refractivity contribution in [1.82, 2.24) is 20.2 Å². The number of nitrogens with zero attached hydrogens (tertiary/aromatic N) is 5. The standard InChI is InChI=1S/C29H42N6O3/c36-29(23-3-6-27(31-21-23)34-16-19-37-20-17-34)32-24-4-1-22(2-5-24)8-11-33-12-14-35(15-13-33)28-25-9-18-38-26(25)7-10-30-28/h3,6-7,10,21-22,24,29,32,36H,1-2,4-5,8-9,11-20H2. The predicted molar refractivity (Wildman–Crippen MR) is 148 cm³/mol. The SMILES string of the molecule is OC(NC1CCC(CCN2CCN(c3nccc4c3CCO4)CC2)CC1)c1ccc(N2CCOCC2)nc1. The fraction of sp³-hybridized carbons (Fsp3) is 0.655. The summed E-state index contributed by atoms with van der Waals surface area (Å²) in [5.41, 5.74) is 2.13. The Balaban J connectivity index is 0.896. The summed E-state index contributed by atoms with van der Waals surface area (Å²) in [4.78, 5) is 16.6. The first-order chi connectivity index (χ1) is 18.7. The van der Waals surface area contributed by atoms with Crippen LogP contribution in [0.15, 0.2) is 30.6 Å². The summed E-state index contributed by atoms with van der Waals surface area (Å²) in [6.45, 7) is 9.49. The minimum Gasteiger partial charge on any atom is -0.493 e. The van der Waals surface area contributed by atoms with Crippen LogP contribution in [0.2, 0.25) is 0 Å². The van der Waals surface area contributed by atoms with E-state index in [9.17, 15) is 5.11 Å². The Bertz CT molecular complexity index is 1030. The molecule has 38 heavy (non-hydrogen) atoms. The number of ether oxygens (including phenoxy) is 2. The third-order valence-electron chi connectivity index (χ3n) is 8.79. The van der Waals surface area contributed by atoms with Crippen LogP contribution in [0.25, 0.3) is 0 Å². The number of pyridine rings is 2. The van der Waals surface area contributed by atoms with E-state index in [-0.39, 0.29) is 0 Å². The molecule has 3 fully saturated rings. The number of hydrogen-bond acceptors (Lipinski definition) is 9. The van der Waals surface area contributed by atoms with Gasteiger partial charge in [0.05, 0.1) is 19.8 Å². The van der Waals surface area contributed by atoms with Crippen LogP contribution < -0.4 is 19.9 Å². The number of hydrogen-bond donors (Lipinski definition) is 2. The van der Waals surface area contributed by atoms with Crippen molar-refractivity contribution in [3.05, 3.63) is 41.7 Å². The van der Waals surface area contributed by atoms with Crippen molar-refractivity contribution in [1.29, 1.82) is 0 Å². The van der Waals surface area contributed by atoms with Gasteiger partial charge >= 0.3 is 0 Å². The lowest BCUT2D eigenvalue weighted by atomic mass is 9.84. The highest BCUT2D eigenvalue weighted by atomic mass is 16.5. The molecular formula is C29H42N6O3. The molecule has 9 heteroatoms. The van der Waals surface area contributed by atoms with Gasteiger partial charge in [-0.2, -0.15) is 0 Å². The van der Waals surface area contributed by atoms with Crippen LogP contribution in [-0.4, -0.2) is 91.7 Å². The molecule has 4 aliphatic rings. The van der Waals surface area contributed by atoms with Gasteiger partial charge in [0.15, 0.2) is 0 Å². The molecule has 0 aromatic carbocycles. The summed E-state index contributed by atoms with van der Waals surface area (Å²) >= 11 is 0. The molecule has 0 amide bonds. The molecule has 0 bridgehead atoms. The number of piperazine rings is 1. The molecule has 5 heterocycles. The van der Waals surface area contributed by atoms with E-state index in [1.807, 2.05) is 30.6 Å². The maximum absolute atomic E-state index is 10.8. The smallest absolute Gasteiger partial charge is 0.135 e. The summed E-state index contributed by atoms with van der Waals surface area (Å²) in [6.07, 6.45) is 10.0. The molecule has 1 aliphatic carbocycles. The maximum Gasteiger partial charge on any atom is 0.135 e. The number of anilines is 2. The quantitative estimate of drug-likeness (QED) is 0.508. The lowest BCUT2D eigenvalue weighted by Crippen LogP contribution is -2.47. The second-order valence-electron chi connectivity index (χ2n) is 11.2. The van der Waals surface area contributed by atoms with E-state index in [0.717, 1.165) is 107 Å².